The summed E-state index contributed by atoms with van der Waals surface area (Å²) in [6.45, 7) is 3.65. The van der Waals surface area contributed by atoms with Gasteiger partial charge in [-0.1, -0.05) is 18.2 Å². The average molecular weight is 512 g/mol. The van der Waals surface area contributed by atoms with Gasteiger partial charge in [0.05, 0.1) is 37.1 Å². The molecule has 0 atom stereocenters. The van der Waals surface area contributed by atoms with Crippen molar-refractivity contribution >= 4 is 27.3 Å². The van der Waals surface area contributed by atoms with Gasteiger partial charge in [0, 0.05) is 6.07 Å². The van der Waals surface area contributed by atoms with Crippen LogP contribution >= 0.6 is 0 Å². The summed E-state index contributed by atoms with van der Waals surface area (Å²) >= 11 is 0. The van der Waals surface area contributed by atoms with Crippen molar-refractivity contribution in [2.75, 3.05) is 31.7 Å². The molecule has 0 saturated heterocycles. The van der Waals surface area contributed by atoms with Gasteiger partial charge in [-0.3, -0.25) is 9.10 Å². The Kier molecular flexibility index (Phi) is 8.91. The van der Waals surface area contributed by atoms with Crippen LogP contribution < -0.4 is 23.9 Å². The van der Waals surface area contributed by atoms with Crippen LogP contribution in [0.2, 0.25) is 0 Å². The molecule has 190 valence electrons. The number of rotatable bonds is 11. The van der Waals surface area contributed by atoms with Crippen molar-refractivity contribution in [3.8, 4) is 17.2 Å². The molecule has 1 amide bonds. The maximum atomic E-state index is 13.6. The second kappa shape index (κ2) is 12.1. The standard InChI is InChI=1S/C26H29N3O6S/c1-5-35-21-13-11-20(12-14-21)19(2)27-28-26(30)18-29(36(31,32)23-9-7-6-8-10-23)24-17-22(33-3)15-16-25(24)34-4/h6-17H,5,18H2,1-4H3,(H,28,30)/b27-19-. The van der Waals surface area contributed by atoms with Crippen LogP contribution in [0.15, 0.2) is 82.8 Å². The molecule has 10 heteroatoms. The molecule has 0 aromatic heterocycles. The SMILES string of the molecule is CCOc1ccc(/C(C)=N\NC(=O)CN(c2cc(OC)ccc2OC)S(=O)(=O)c2ccccc2)cc1. The summed E-state index contributed by atoms with van der Waals surface area (Å²) in [4.78, 5) is 12.9. The summed E-state index contributed by atoms with van der Waals surface area (Å²) in [6, 6.07) is 19.8. The number of hydrogen-bond acceptors (Lipinski definition) is 7. The molecule has 0 saturated carbocycles. The minimum atomic E-state index is -4.13. The van der Waals surface area contributed by atoms with Gasteiger partial charge in [0.1, 0.15) is 23.8 Å². The van der Waals surface area contributed by atoms with E-state index in [0.717, 1.165) is 15.6 Å². The number of nitrogens with one attached hydrogen (secondary N) is 1. The highest BCUT2D eigenvalue weighted by atomic mass is 32.2. The van der Waals surface area contributed by atoms with Gasteiger partial charge in [0.15, 0.2) is 0 Å². The van der Waals surface area contributed by atoms with Crippen molar-refractivity contribution < 1.29 is 27.4 Å². The Labute approximate surface area is 211 Å². The van der Waals surface area contributed by atoms with Crippen molar-refractivity contribution in [1.82, 2.24) is 5.43 Å². The van der Waals surface area contributed by atoms with Crippen LogP contribution in [0.3, 0.4) is 0 Å². The van der Waals surface area contributed by atoms with Crippen molar-refractivity contribution in [2.24, 2.45) is 5.10 Å². The molecular weight excluding hydrogens is 482 g/mol. The topological polar surface area (TPSA) is 107 Å². The first-order valence-electron chi connectivity index (χ1n) is 11.2. The van der Waals surface area contributed by atoms with Crippen molar-refractivity contribution in [3.05, 3.63) is 78.4 Å². The molecule has 0 bridgehead atoms. The molecule has 1 N–H and O–H groups in total. The highest BCUT2D eigenvalue weighted by molar-refractivity contribution is 7.92. The summed E-state index contributed by atoms with van der Waals surface area (Å²) in [5, 5.41) is 4.15. The Bertz CT molecular complexity index is 1310. The molecule has 0 heterocycles. The van der Waals surface area contributed by atoms with E-state index in [1.54, 1.807) is 37.3 Å². The van der Waals surface area contributed by atoms with Gasteiger partial charge in [-0.05, 0) is 67.9 Å². The minimum Gasteiger partial charge on any atom is -0.497 e. The summed E-state index contributed by atoms with van der Waals surface area (Å²) in [7, 11) is -1.25. The highest BCUT2D eigenvalue weighted by Gasteiger charge is 2.30. The number of carbonyl (C=O) groups is 1. The number of hydrogen-bond donors (Lipinski definition) is 1. The molecule has 0 aliphatic rings. The van der Waals surface area contributed by atoms with Crippen molar-refractivity contribution in [2.45, 2.75) is 18.7 Å². The molecule has 3 aromatic rings. The number of anilines is 1. The number of sulfonamides is 1. The van der Waals surface area contributed by atoms with E-state index in [9.17, 15) is 13.2 Å². The predicted molar refractivity (Wildman–Crippen MR) is 138 cm³/mol. The first-order chi connectivity index (χ1) is 17.3. The molecule has 0 radical (unpaired) electrons. The Balaban J connectivity index is 1.91. The number of hydrazone groups is 1. The van der Waals surface area contributed by atoms with Gasteiger partial charge in [-0.25, -0.2) is 13.8 Å². The molecule has 3 rings (SSSR count). The fraction of sp³-hybridized carbons (Fsp3) is 0.231. The largest absolute Gasteiger partial charge is 0.497 e. The highest BCUT2D eigenvalue weighted by Crippen LogP contribution is 2.35. The van der Waals surface area contributed by atoms with E-state index in [-0.39, 0.29) is 16.3 Å². The lowest BCUT2D eigenvalue weighted by Crippen LogP contribution is -2.40. The second-order valence-electron chi connectivity index (χ2n) is 7.55. The van der Waals surface area contributed by atoms with Gasteiger partial charge in [-0.15, -0.1) is 0 Å². The summed E-state index contributed by atoms with van der Waals surface area (Å²) in [6.07, 6.45) is 0. The molecule has 0 aliphatic heterocycles. The molecular formula is C26H29N3O6S. The number of methoxy groups -OCH3 is 2. The van der Waals surface area contributed by atoms with E-state index in [0.29, 0.717) is 18.1 Å². The Hall–Kier alpha value is -4.05. The summed E-state index contributed by atoms with van der Waals surface area (Å²) in [5.41, 5.74) is 3.93. The summed E-state index contributed by atoms with van der Waals surface area (Å²) < 4.78 is 44.2. The van der Waals surface area contributed by atoms with Gasteiger partial charge in [0.25, 0.3) is 15.9 Å². The normalized spacial score (nSPS) is 11.5. The monoisotopic (exact) mass is 511 g/mol. The number of nitrogens with zero attached hydrogens (tertiary/aromatic N) is 2. The fourth-order valence-electron chi connectivity index (χ4n) is 3.35. The summed E-state index contributed by atoms with van der Waals surface area (Å²) in [5.74, 6) is 0.762. The Morgan fingerprint density at radius 3 is 2.22 bits per heavy atom. The fourth-order valence-corrected chi connectivity index (χ4v) is 4.79. The third kappa shape index (κ3) is 6.33. The molecule has 9 nitrogen and oxygen atoms in total. The van der Waals surface area contributed by atoms with Crippen LogP contribution in [0.4, 0.5) is 5.69 Å². The molecule has 0 unspecified atom stereocenters. The van der Waals surface area contributed by atoms with Crippen LogP contribution in [-0.4, -0.2) is 47.4 Å². The van der Waals surface area contributed by atoms with Crippen LogP contribution in [0.25, 0.3) is 0 Å². The quantitative estimate of drug-likeness (QED) is 0.310. The maximum Gasteiger partial charge on any atom is 0.264 e. The van der Waals surface area contributed by atoms with Crippen molar-refractivity contribution in [1.29, 1.82) is 0 Å². The van der Waals surface area contributed by atoms with E-state index >= 15 is 0 Å². The molecule has 0 spiro atoms. The lowest BCUT2D eigenvalue weighted by Gasteiger charge is -2.25. The zero-order chi connectivity index (χ0) is 26.1. The number of amides is 1. The van der Waals surface area contributed by atoms with Crippen LogP contribution in [-0.2, 0) is 14.8 Å². The first kappa shape index (κ1) is 26.6. The van der Waals surface area contributed by atoms with E-state index in [2.05, 4.69) is 10.5 Å². The molecule has 3 aromatic carbocycles. The molecule has 36 heavy (non-hydrogen) atoms. The average Bonchev–Trinajstić information content (AvgIpc) is 2.91. The van der Waals surface area contributed by atoms with Crippen LogP contribution in [0.1, 0.15) is 19.4 Å². The van der Waals surface area contributed by atoms with Crippen LogP contribution in [0.5, 0.6) is 17.2 Å². The van der Waals surface area contributed by atoms with Crippen LogP contribution in [0, 0.1) is 0 Å². The van der Waals surface area contributed by atoms with E-state index in [4.69, 9.17) is 14.2 Å². The Morgan fingerprint density at radius 2 is 1.61 bits per heavy atom. The van der Waals surface area contributed by atoms with Crippen molar-refractivity contribution in [3.63, 3.8) is 0 Å². The first-order valence-corrected chi connectivity index (χ1v) is 12.6. The minimum absolute atomic E-state index is 0.0248. The zero-order valence-electron chi connectivity index (χ0n) is 20.6. The lowest BCUT2D eigenvalue weighted by molar-refractivity contribution is -0.119. The number of benzene rings is 3. The maximum absolute atomic E-state index is 13.6. The predicted octanol–water partition coefficient (Wildman–Crippen LogP) is 3.84. The Morgan fingerprint density at radius 1 is 0.944 bits per heavy atom. The third-order valence-corrected chi connectivity index (χ3v) is 6.98. The van der Waals surface area contributed by atoms with Gasteiger partial charge < -0.3 is 14.2 Å². The van der Waals surface area contributed by atoms with Gasteiger partial charge in [-0.2, -0.15) is 5.10 Å². The smallest absolute Gasteiger partial charge is 0.264 e. The molecule has 0 fully saturated rings. The number of carbonyl (C=O) groups excluding carboxylic acids is 1. The second-order valence-corrected chi connectivity index (χ2v) is 9.41. The van der Waals surface area contributed by atoms with Gasteiger partial charge >= 0.3 is 0 Å². The number of ether oxygens (including phenoxy) is 3. The van der Waals surface area contributed by atoms with E-state index < -0.39 is 22.5 Å². The van der Waals surface area contributed by atoms with Gasteiger partial charge in [0.2, 0.25) is 0 Å². The molecule has 0 aliphatic carbocycles. The van der Waals surface area contributed by atoms with E-state index in [1.807, 2.05) is 31.2 Å². The van der Waals surface area contributed by atoms with E-state index in [1.165, 1.54) is 32.4 Å². The third-order valence-electron chi connectivity index (χ3n) is 5.20. The lowest BCUT2D eigenvalue weighted by atomic mass is 10.1. The zero-order valence-corrected chi connectivity index (χ0v) is 21.4.